The fourth-order valence-corrected chi connectivity index (χ4v) is 4.06. The smallest absolute Gasteiger partial charge is 0.368 e. The molecular formula is C22H20ClF3N4O2. The third-order valence-electron chi connectivity index (χ3n) is 5.59. The molecule has 0 saturated carbocycles. The van der Waals surface area contributed by atoms with Crippen LogP contribution in [0.1, 0.15) is 18.7 Å². The quantitative estimate of drug-likeness (QED) is 0.588. The van der Waals surface area contributed by atoms with E-state index in [1.807, 2.05) is 12.1 Å². The summed E-state index contributed by atoms with van der Waals surface area (Å²) < 4.78 is 41.2. The number of anilines is 1. The van der Waals surface area contributed by atoms with Gasteiger partial charge in [-0.15, -0.1) is 0 Å². The first-order chi connectivity index (χ1) is 15.2. The number of aromatic nitrogens is 2. The molecule has 10 heteroatoms. The minimum atomic E-state index is -4.92. The zero-order chi connectivity index (χ0) is 23.0. The van der Waals surface area contributed by atoms with Crippen LogP contribution in [0.4, 0.5) is 18.9 Å². The van der Waals surface area contributed by atoms with Gasteiger partial charge in [-0.05, 0) is 43.3 Å². The van der Waals surface area contributed by atoms with Crippen LogP contribution in [0.2, 0.25) is 5.02 Å². The SMILES string of the molecule is C[C@@H](C(=O)N1CCN(c2ccc(Cl)cc2)CC1)n1c(=O)c(C(F)(F)F)nc2ccccc21. The summed E-state index contributed by atoms with van der Waals surface area (Å²) in [6.07, 6.45) is -4.92. The Morgan fingerprint density at radius 2 is 1.66 bits per heavy atom. The number of rotatable bonds is 3. The number of carbonyl (C=O) groups excluding carboxylic acids is 1. The molecule has 0 aliphatic carbocycles. The van der Waals surface area contributed by atoms with Crippen LogP contribution in [0.15, 0.2) is 53.3 Å². The topological polar surface area (TPSA) is 58.4 Å². The van der Waals surface area contributed by atoms with Gasteiger partial charge in [-0.1, -0.05) is 23.7 Å². The summed E-state index contributed by atoms with van der Waals surface area (Å²) in [4.78, 5) is 33.1. The highest BCUT2D eigenvalue weighted by Gasteiger charge is 2.39. The Kier molecular flexibility index (Phi) is 5.85. The molecule has 2 heterocycles. The van der Waals surface area contributed by atoms with Crippen LogP contribution in [0.25, 0.3) is 11.0 Å². The molecular weight excluding hydrogens is 445 g/mol. The molecule has 168 valence electrons. The minimum Gasteiger partial charge on any atom is -0.368 e. The molecule has 0 N–H and O–H groups in total. The highest BCUT2D eigenvalue weighted by molar-refractivity contribution is 6.30. The number of piperazine rings is 1. The molecule has 1 saturated heterocycles. The van der Waals surface area contributed by atoms with Crippen molar-refractivity contribution in [2.24, 2.45) is 0 Å². The number of nitrogens with zero attached hydrogens (tertiary/aromatic N) is 4. The molecule has 0 unspecified atom stereocenters. The van der Waals surface area contributed by atoms with Crippen molar-refractivity contribution in [1.82, 2.24) is 14.5 Å². The molecule has 32 heavy (non-hydrogen) atoms. The molecule has 1 atom stereocenters. The second-order valence-electron chi connectivity index (χ2n) is 7.59. The number of hydrogen-bond acceptors (Lipinski definition) is 4. The highest BCUT2D eigenvalue weighted by atomic mass is 35.5. The van der Waals surface area contributed by atoms with Gasteiger partial charge in [0.05, 0.1) is 11.0 Å². The Labute approximate surface area is 186 Å². The summed E-state index contributed by atoms with van der Waals surface area (Å²) in [6, 6.07) is 12.3. The van der Waals surface area contributed by atoms with Crippen molar-refractivity contribution in [3.8, 4) is 0 Å². The van der Waals surface area contributed by atoms with Gasteiger partial charge in [-0.3, -0.25) is 14.2 Å². The van der Waals surface area contributed by atoms with E-state index >= 15 is 0 Å². The van der Waals surface area contributed by atoms with Gasteiger partial charge in [0.1, 0.15) is 6.04 Å². The van der Waals surface area contributed by atoms with E-state index < -0.39 is 29.4 Å². The van der Waals surface area contributed by atoms with Gasteiger partial charge < -0.3 is 9.80 Å². The maximum Gasteiger partial charge on any atom is 0.438 e. The summed E-state index contributed by atoms with van der Waals surface area (Å²) in [7, 11) is 0. The predicted octanol–water partition coefficient (Wildman–Crippen LogP) is 3.98. The van der Waals surface area contributed by atoms with E-state index in [1.165, 1.54) is 25.1 Å². The zero-order valence-electron chi connectivity index (χ0n) is 17.1. The summed E-state index contributed by atoms with van der Waals surface area (Å²) in [5.74, 6) is -0.410. The lowest BCUT2D eigenvalue weighted by atomic mass is 10.2. The molecule has 0 radical (unpaired) electrons. The maximum atomic E-state index is 13.4. The average Bonchev–Trinajstić information content (AvgIpc) is 2.78. The van der Waals surface area contributed by atoms with Gasteiger partial charge in [0, 0.05) is 36.9 Å². The first-order valence-corrected chi connectivity index (χ1v) is 10.4. The number of fused-ring (bicyclic) bond motifs is 1. The molecule has 0 spiro atoms. The van der Waals surface area contributed by atoms with Gasteiger partial charge in [0.25, 0.3) is 5.56 Å². The van der Waals surface area contributed by atoms with Crippen LogP contribution in [0, 0.1) is 0 Å². The maximum absolute atomic E-state index is 13.4. The number of para-hydroxylation sites is 2. The van der Waals surface area contributed by atoms with Gasteiger partial charge in [0.15, 0.2) is 0 Å². The Morgan fingerprint density at radius 1 is 1.03 bits per heavy atom. The first kappa shape index (κ1) is 22.1. The fourth-order valence-electron chi connectivity index (χ4n) is 3.93. The van der Waals surface area contributed by atoms with Crippen LogP contribution in [-0.2, 0) is 11.0 Å². The largest absolute Gasteiger partial charge is 0.438 e. The number of halogens is 4. The van der Waals surface area contributed by atoms with Crippen molar-refractivity contribution in [1.29, 1.82) is 0 Å². The minimum absolute atomic E-state index is 0.00614. The monoisotopic (exact) mass is 464 g/mol. The van der Waals surface area contributed by atoms with E-state index in [1.54, 1.807) is 23.1 Å². The second kappa shape index (κ2) is 8.46. The number of amides is 1. The molecule has 1 fully saturated rings. The van der Waals surface area contributed by atoms with E-state index in [-0.39, 0.29) is 11.0 Å². The van der Waals surface area contributed by atoms with Crippen LogP contribution in [-0.4, -0.2) is 46.5 Å². The predicted molar refractivity (Wildman–Crippen MR) is 116 cm³/mol. The summed E-state index contributed by atoms with van der Waals surface area (Å²) in [5, 5.41) is 0.629. The lowest BCUT2D eigenvalue weighted by Crippen LogP contribution is -2.51. The summed E-state index contributed by atoms with van der Waals surface area (Å²) in [5.41, 5.74) is -1.68. The number of alkyl halides is 3. The van der Waals surface area contributed by atoms with Gasteiger partial charge in [-0.25, -0.2) is 4.98 Å². The fraction of sp³-hybridized carbons (Fsp3) is 0.318. The van der Waals surface area contributed by atoms with E-state index in [9.17, 15) is 22.8 Å². The van der Waals surface area contributed by atoms with Crippen molar-refractivity contribution < 1.29 is 18.0 Å². The summed E-state index contributed by atoms with van der Waals surface area (Å²) >= 11 is 5.93. The Morgan fingerprint density at radius 3 is 2.28 bits per heavy atom. The zero-order valence-corrected chi connectivity index (χ0v) is 17.9. The molecule has 3 aromatic rings. The van der Waals surface area contributed by atoms with Crippen molar-refractivity contribution in [3.05, 3.63) is 69.6 Å². The normalized spacial score (nSPS) is 15.8. The van der Waals surface area contributed by atoms with Gasteiger partial charge in [0.2, 0.25) is 11.6 Å². The average molecular weight is 465 g/mol. The van der Waals surface area contributed by atoms with Crippen molar-refractivity contribution in [3.63, 3.8) is 0 Å². The number of benzene rings is 2. The third-order valence-corrected chi connectivity index (χ3v) is 5.84. The third kappa shape index (κ3) is 4.17. The van der Waals surface area contributed by atoms with Crippen LogP contribution >= 0.6 is 11.6 Å². The number of hydrogen-bond donors (Lipinski definition) is 0. The Bertz CT molecular complexity index is 1200. The van der Waals surface area contributed by atoms with Gasteiger partial charge in [-0.2, -0.15) is 13.2 Å². The van der Waals surface area contributed by atoms with E-state index in [0.29, 0.717) is 31.2 Å². The lowest BCUT2D eigenvalue weighted by molar-refractivity contribution is -0.143. The molecule has 1 aromatic heterocycles. The molecule has 1 aliphatic rings. The molecule has 2 aromatic carbocycles. The molecule has 0 bridgehead atoms. The van der Waals surface area contributed by atoms with Crippen molar-refractivity contribution >= 4 is 34.2 Å². The molecule has 6 nitrogen and oxygen atoms in total. The van der Waals surface area contributed by atoms with Crippen molar-refractivity contribution in [2.75, 3.05) is 31.1 Å². The lowest BCUT2D eigenvalue weighted by Gasteiger charge is -2.37. The number of carbonyl (C=O) groups is 1. The first-order valence-electron chi connectivity index (χ1n) is 10.0. The highest BCUT2D eigenvalue weighted by Crippen LogP contribution is 2.28. The summed E-state index contributed by atoms with van der Waals surface area (Å²) in [6.45, 7) is 3.33. The van der Waals surface area contributed by atoms with E-state index in [4.69, 9.17) is 11.6 Å². The molecule has 4 rings (SSSR count). The Hall–Kier alpha value is -3.07. The molecule has 1 aliphatic heterocycles. The van der Waals surface area contributed by atoms with Crippen molar-refractivity contribution in [2.45, 2.75) is 19.1 Å². The second-order valence-corrected chi connectivity index (χ2v) is 8.02. The standard InChI is InChI=1S/C22H20ClF3N4O2/c1-14(20(31)29-12-10-28(11-13-29)16-8-6-15(23)7-9-16)30-18-5-3-2-4-17(18)27-19(21(30)32)22(24,25)26/h2-9,14H,10-13H2,1H3/t14-/m0/s1. The van der Waals surface area contributed by atoms with Gasteiger partial charge >= 0.3 is 6.18 Å². The van der Waals surface area contributed by atoms with E-state index in [0.717, 1.165) is 10.3 Å². The van der Waals surface area contributed by atoms with Crippen LogP contribution < -0.4 is 10.5 Å². The van der Waals surface area contributed by atoms with E-state index in [2.05, 4.69) is 9.88 Å². The van der Waals surface area contributed by atoms with Crippen LogP contribution in [0.5, 0.6) is 0 Å². The molecule has 1 amide bonds. The Balaban J connectivity index is 1.60. The van der Waals surface area contributed by atoms with Crippen LogP contribution in [0.3, 0.4) is 0 Å².